The standard InChI is InChI=1S/C33H43N7O8/c1-4-20(2)30(33(45)48-3)39(29(42)17-28(41)25(34)14-22-10-12-24(13-11-22)40(46)47)32(44)27(16-23-18-36-19-37-23)38-31(43)26(35)15-21-8-6-5-7-9-21/h5-13,18-20,25-28,30,41H,4,14-17,34-35H2,1-3H3,(H,36,37)(H,38,43)/t20-,25-,26-,27-,28?,30-/m0/s1. The Morgan fingerprint density at radius 2 is 1.69 bits per heavy atom. The maximum absolute atomic E-state index is 14.4. The van der Waals surface area contributed by atoms with Crippen LogP contribution in [0.25, 0.3) is 0 Å². The number of nitrogens with zero attached hydrogens (tertiary/aromatic N) is 3. The number of H-pyrrole nitrogens is 1. The molecule has 0 aliphatic rings. The van der Waals surface area contributed by atoms with Crippen LogP contribution in [0.5, 0.6) is 0 Å². The fraction of sp³-hybridized carbons (Fsp3) is 0.424. The molecule has 258 valence electrons. The van der Waals surface area contributed by atoms with Crippen LogP contribution >= 0.6 is 0 Å². The van der Waals surface area contributed by atoms with Gasteiger partial charge in [-0.2, -0.15) is 0 Å². The number of imidazole rings is 1. The van der Waals surface area contributed by atoms with Crippen molar-refractivity contribution in [1.29, 1.82) is 0 Å². The van der Waals surface area contributed by atoms with E-state index in [0.29, 0.717) is 17.7 Å². The number of aliphatic hydroxyl groups excluding tert-OH is 1. The molecule has 48 heavy (non-hydrogen) atoms. The van der Waals surface area contributed by atoms with Crippen molar-refractivity contribution in [2.45, 2.75) is 76.2 Å². The average molecular weight is 666 g/mol. The van der Waals surface area contributed by atoms with Crippen LogP contribution < -0.4 is 16.8 Å². The van der Waals surface area contributed by atoms with Gasteiger partial charge in [0, 0.05) is 36.5 Å². The number of aromatic nitrogens is 2. The summed E-state index contributed by atoms with van der Waals surface area (Å²) in [6, 6.07) is 9.83. The minimum Gasteiger partial charge on any atom is -0.467 e. The van der Waals surface area contributed by atoms with Crippen LogP contribution in [0.1, 0.15) is 43.5 Å². The van der Waals surface area contributed by atoms with E-state index in [0.717, 1.165) is 17.6 Å². The molecule has 0 spiro atoms. The van der Waals surface area contributed by atoms with E-state index in [4.69, 9.17) is 16.2 Å². The fourth-order valence-corrected chi connectivity index (χ4v) is 5.17. The molecule has 0 radical (unpaired) electrons. The van der Waals surface area contributed by atoms with E-state index in [1.165, 1.54) is 36.8 Å². The number of nitrogens with one attached hydrogen (secondary N) is 2. The molecule has 0 saturated carbocycles. The molecule has 1 heterocycles. The number of non-ortho nitro benzene ring substituents is 1. The number of methoxy groups -OCH3 is 1. The highest BCUT2D eigenvalue weighted by molar-refractivity contribution is 6.03. The molecule has 7 N–H and O–H groups in total. The molecule has 2 aromatic carbocycles. The maximum Gasteiger partial charge on any atom is 0.329 e. The highest BCUT2D eigenvalue weighted by Crippen LogP contribution is 2.22. The van der Waals surface area contributed by atoms with Gasteiger partial charge in [0.1, 0.15) is 12.1 Å². The Bertz CT molecular complexity index is 1520. The second-order valence-electron chi connectivity index (χ2n) is 11.7. The first-order valence-electron chi connectivity index (χ1n) is 15.5. The van der Waals surface area contributed by atoms with E-state index in [1.807, 2.05) is 30.3 Å². The molecule has 0 aliphatic carbocycles. The lowest BCUT2D eigenvalue weighted by Crippen LogP contribution is -2.60. The molecule has 0 bridgehead atoms. The van der Waals surface area contributed by atoms with Crippen molar-refractivity contribution >= 4 is 29.4 Å². The number of amides is 3. The smallest absolute Gasteiger partial charge is 0.329 e. The molecular formula is C33H43N7O8. The number of ether oxygens (including phenoxy) is 1. The molecule has 6 atom stereocenters. The van der Waals surface area contributed by atoms with E-state index in [9.17, 15) is 34.4 Å². The molecule has 0 fully saturated rings. The van der Waals surface area contributed by atoms with Gasteiger partial charge in [0.2, 0.25) is 11.8 Å². The maximum atomic E-state index is 14.4. The second-order valence-corrected chi connectivity index (χ2v) is 11.7. The summed E-state index contributed by atoms with van der Waals surface area (Å²) in [4.78, 5) is 72.9. The quantitative estimate of drug-likeness (QED) is 0.0779. The molecule has 0 aliphatic heterocycles. The zero-order valence-corrected chi connectivity index (χ0v) is 27.2. The number of nitro benzene ring substituents is 1. The molecule has 3 rings (SSSR count). The number of imide groups is 1. The van der Waals surface area contributed by atoms with Gasteiger partial charge in [-0.1, -0.05) is 62.7 Å². The molecular weight excluding hydrogens is 622 g/mol. The van der Waals surface area contributed by atoms with Crippen LogP contribution in [0, 0.1) is 16.0 Å². The summed E-state index contributed by atoms with van der Waals surface area (Å²) in [5.74, 6) is -3.92. The van der Waals surface area contributed by atoms with Crippen LogP contribution in [-0.2, 0) is 43.2 Å². The number of carbonyl (C=O) groups is 4. The number of esters is 1. The Balaban J connectivity index is 1.91. The lowest BCUT2D eigenvalue weighted by molar-refractivity contribution is -0.384. The van der Waals surface area contributed by atoms with Crippen molar-refractivity contribution in [2.24, 2.45) is 17.4 Å². The minimum absolute atomic E-state index is 0.0595. The lowest BCUT2D eigenvalue weighted by atomic mass is 9.94. The first-order chi connectivity index (χ1) is 22.9. The van der Waals surface area contributed by atoms with Gasteiger partial charge in [-0.25, -0.2) is 9.78 Å². The first kappa shape index (κ1) is 37.5. The van der Waals surface area contributed by atoms with E-state index in [1.54, 1.807) is 13.8 Å². The van der Waals surface area contributed by atoms with Crippen molar-refractivity contribution in [2.75, 3.05) is 7.11 Å². The number of rotatable bonds is 17. The Kier molecular flexibility index (Phi) is 13.9. The zero-order valence-electron chi connectivity index (χ0n) is 27.2. The fourth-order valence-electron chi connectivity index (χ4n) is 5.17. The molecule has 15 nitrogen and oxygen atoms in total. The number of carbonyl (C=O) groups excluding carboxylic acids is 4. The van der Waals surface area contributed by atoms with Crippen LogP contribution in [-0.4, -0.2) is 86.0 Å². The van der Waals surface area contributed by atoms with Crippen molar-refractivity contribution in [3.63, 3.8) is 0 Å². The summed E-state index contributed by atoms with van der Waals surface area (Å²) < 4.78 is 5.00. The van der Waals surface area contributed by atoms with Crippen molar-refractivity contribution in [3.05, 3.63) is 94.1 Å². The Hall–Kier alpha value is -4.99. The lowest BCUT2D eigenvalue weighted by Gasteiger charge is -2.35. The number of benzene rings is 2. The van der Waals surface area contributed by atoms with Gasteiger partial charge in [0.15, 0.2) is 0 Å². The van der Waals surface area contributed by atoms with E-state index >= 15 is 0 Å². The first-order valence-corrected chi connectivity index (χ1v) is 15.5. The van der Waals surface area contributed by atoms with Crippen molar-refractivity contribution < 1.29 is 33.9 Å². The third-order valence-electron chi connectivity index (χ3n) is 8.14. The largest absolute Gasteiger partial charge is 0.467 e. The number of nitro groups is 1. The zero-order chi connectivity index (χ0) is 35.4. The van der Waals surface area contributed by atoms with Gasteiger partial charge in [0.25, 0.3) is 11.6 Å². The summed E-state index contributed by atoms with van der Waals surface area (Å²) in [6.07, 6.45) is 1.21. The van der Waals surface area contributed by atoms with Crippen LogP contribution in [0.4, 0.5) is 5.69 Å². The van der Waals surface area contributed by atoms with Crippen LogP contribution in [0.15, 0.2) is 67.1 Å². The Morgan fingerprint density at radius 1 is 1.04 bits per heavy atom. The van der Waals surface area contributed by atoms with E-state index < -0.39 is 71.2 Å². The van der Waals surface area contributed by atoms with Crippen LogP contribution in [0.2, 0.25) is 0 Å². The summed E-state index contributed by atoms with van der Waals surface area (Å²) in [5, 5.41) is 24.6. The minimum atomic E-state index is -1.47. The number of hydrogen-bond donors (Lipinski definition) is 5. The molecule has 1 unspecified atom stereocenters. The predicted octanol–water partition coefficient (Wildman–Crippen LogP) is 1.18. The van der Waals surface area contributed by atoms with Crippen molar-refractivity contribution in [3.8, 4) is 0 Å². The molecule has 3 aromatic rings. The summed E-state index contributed by atoms with van der Waals surface area (Å²) in [7, 11) is 1.13. The van der Waals surface area contributed by atoms with Gasteiger partial charge in [0.05, 0.1) is 36.9 Å². The highest BCUT2D eigenvalue weighted by atomic mass is 16.6. The Labute approximate surface area is 278 Å². The van der Waals surface area contributed by atoms with Gasteiger partial charge in [-0.05, 0) is 29.9 Å². The van der Waals surface area contributed by atoms with Gasteiger partial charge in [-0.15, -0.1) is 0 Å². The summed E-state index contributed by atoms with van der Waals surface area (Å²) in [5.41, 5.74) is 14.2. The predicted molar refractivity (Wildman–Crippen MR) is 175 cm³/mol. The van der Waals surface area contributed by atoms with Gasteiger partial charge < -0.3 is 31.6 Å². The van der Waals surface area contributed by atoms with Gasteiger partial charge >= 0.3 is 5.97 Å². The summed E-state index contributed by atoms with van der Waals surface area (Å²) in [6.45, 7) is 3.44. The monoisotopic (exact) mass is 665 g/mol. The number of nitrogens with two attached hydrogens (primary N) is 2. The number of aliphatic hydroxyl groups is 1. The van der Waals surface area contributed by atoms with Gasteiger partial charge in [-0.3, -0.25) is 29.4 Å². The molecule has 0 saturated heterocycles. The topological polar surface area (TPSA) is 237 Å². The molecule has 1 aromatic heterocycles. The molecule has 15 heteroatoms. The summed E-state index contributed by atoms with van der Waals surface area (Å²) >= 11 is 0. The average Bonchev–Trinajstić information content (AvgIpc) is 3.59. The van der Waals surface area contributed by atoms with Crippen molar-refractivity contribution in [1.82, 2.24) is 20.2 Å². The third kappa shape index (κ3) is 10.3. The van der Waals surface area contributed by atoms with E-state index in [-0.39, 0.29) is 24.9 Å². The number of aromatic amines is 1. The van der Waals surface area contributed by atoms with Crippen LogP contribution in [0.3, 0.4) is 0 Å². The highest BCUT2D eigenvalue weighted by Gasteiger charge is 2.42. The SMILES string of the molecule is CC[C@H](C)[C@@H](C(=O)OC)N(C(=O)CC(O)[C@@H](N)Cc1ccc([N+](=O)[O-])cc1)C(=O)[C@H](Cc1cnc[nH]1)NC(=O)[C@@H](N)Cc1ccccc1. The second kappa shape index (κ2) is 17.8. The molecule has 3 amide bonds. The van der Waals surface area contributed by atoms with E-state index in [2.05, 4.69) is 15.3 Å². The number of hydrogen-bond acceptors (Lipinski definition) is 11. The Morgan fingerprint density at radius 3 is 2.25 bits per heavy atom. The third-order valence-corrected chi connectivity index (χ3v) is 8.14. The normalized spacial score (nSPS) is 14.9.